The van der Waals surface area contributed by atoms with Gasteiger partial charge in [0.1, 0.15) is 25.4 Å². The third-order valence-corrected chi connectivity index (χ3v) is 7.14. The summed E-state index contributed by atoms with van der Waals surface area (Å²) in [5.74, 6) is -0.151. The van der Waals surface area contributed by atoms with Gasteiger partial charge >= 0.3 is 0 Å². The van der Waals surface area contributed by atoms with Gasteiger partial charge in [-0.25, -0.2) is 0 Å². The number of amides is 2. The minimum absolute atomic E-state index is 0.0264. The van der Waals surface area contributed by atoms with Crippen molar-refractivity contribution >= 4 is 11.8 Å². The molecule has 0 spiro atoms. The van der Waals surface area contributed by atoms with Crippen LogP contribution in [0, 0.1) is 0 Å². The van der Waals surface area contributed by atoms with Crippen molar-refractivity contribution in [3.05, 3.63) is 144 Å². The van der Waals surface area contributed by atoms with E-state index in [1.165, 1.54) is 0 Å². The molecule has 1 aliphatic heterocycles. The van der Waals surface area contributed by atoms with E-state index >= 15 is 0 Å². The molecule has 0 atom stereocenters. The average molecular weight is 535 g/mol. The Morgan fingerprint density at radius 3 is 0.975 bits per heavy atom. The maximum atomic E-state index is 13.0. The summed E-state index contributed by atoms with van der Waals surface area (Å²) in [6, 6.07) is 39.7. The molecular formula is C34H34N2O4. The number of carbonyl (C=O) groups is 2. The first kappa shape index (κ1) is 27.3. The summed E-state index contributed by atoms with van der Waals surface area (Å²) in [5.41, 5.74) is 4.00. The van der Waals surface area contributed by atoms with Gasteiger partial charge in [-0.05, 0) is 22.3 Å². The molecule has 0 aromatic heterocycles. The van der Waals surface area contributed by atoms with Crippen molar-refractivity contribution in [3.63, 3.8) is 0 Å². The number of benzene rings is 4. The standard InChI is InChI=1S/C34H34N2O4/c37-31(25-39-33(27-13-5-1-6-14-27)28-15-7-2-8-16-28)35-21-23-36(24-22-35)32(38)26-40-34(29-17-9-3-10-18-29)30-19-11-4-12-20-30/h1-20,33-34H,21-26H2. The van der Waals surface area contributed by atoms with Crippen LogP contribution in [0.4, 0.5) is 0 Å². The molecule has 1 heterocycles. The van der Waals surface area contributed by atoms with Gasteiger partial charge in [0, 0.05) is 26.2 Å². The van der Waals surface area contributed by atoms with Crippen molar-refractivity contribution in [2.75, 3.05) is 39.4 Å². The van der Waals surface area contributed by atoms with Crippen LogP contribution in [-0.2, 0) is 19.1 Å². The second-order valence-corrected chi connectivity index (χ2v) is 9.79. The molecule has 0 unspecified atom stereocenters. The Hall–Kier alpha value is -4.26. The van der Waals surface area contributed by atoms with Crippen molar-refractivity contribution in [1.82, 2.24) is 9.80 Å². The molecule has 1 saturated heterocycles. The highest BCUT2D eigenvalue weighted by atomic mass is 16.5. The first-order valence-corrected chi connectivity index (χ1v) is 13.7. The molecule has 4 aromatic rings. The van der Waals surface area contributed by atoms with Crippen molar-refractivity contribution in [2.45, 2.75) is 12.2 Å². The van der Waals surface area contributed by atoms with Crippen LogP contribution in [0.25, 0.3) is 0 Å². The summed E-state index contributed by atoms with van der Waals surface area (Å²) < 4.78 is 12.3. The third-order valence-electron chi connectivity index (χ3n) is 7.14. The quantitative estimate of drug-likeness (QED) is 0.278. The Balaban J connectivity index is 1.13. The predicted octanol–water partition coefficient (Wildman–Crippen LogP) is 5.27. The van der Waals surface area contributed by atoms with Gasteiger partial charge in [-0.3, -0.25) is 9.59 Å². The molecule has 1 fully saturated rings. The SMILES string of the molecule is O=C(COC(c1ccccc1)c1ccccc1)N1CCN(C(=O)COC(c2ccccc2)c2ccccc2)CC1. The van der Waals surface area contributed by atoms with E-state index in [1.807, 2.05) is 121 Å². The summed E-state index contributed by atoms with van der Waals surface area (Å²) in [5, 5.41) is 0. The van der Waals surface area contributed by atoms with Crippen molar-refractivity contribution < 1.29 is 19.1 Å². The highest BCUT2D eigenvalue weighted by Gasteiger charge is 2.26. The lowest BCUT2D eigenvalue weighted by Gasteiger charge is -2.35. The summed E-state index contributed by atoms with van der Waals surface area (Å²) in [4.78, 5) is 29.6. The van der Waals surface area contributed by atoms with Gasteiger partial charge in [0.15, 0.2) is 0 Å². The van der Waals surface area contributed by atoms with E-state index in [0.29, 0.717) is 26.2 Å². The lowest BCUT2D eigenvalue weighted by Crippen LogP contribution is -2.52. The van der Waals surface area contributed by atoms with Crippen LogP contribution in [0.5, 0.6) is 0 Å². The zero-order valence-corrected chi connectivity index (χ0v) is 22.5. The molecule has 40 heavy (non-hydrogen) atoms. The first-order chi connectivity index (χ1) is 19.7. The van der Waals surface area contributed by atoms with Crippen LogP contribution in [-0.4, -0.2) is 61.0 Å². The molecule has 0 aliphatic carbocycles. The number of nitrogens with zero attached hydrogens (tertiary/aromatic N) is 2. The van der Waals surface area contributed by atoms with Crippen LogP contribution in [0.1, 0.15) is 34.5 Å². The zero-order chi connectivity index (χ0) is 27.6. The van der Waals surface area contributed by atoms with Crippen molar-refractivity contribution in [3.8, 4) is 0 Å². The molecule has 0 N–H and O–H groups in total. The number of ether oxygens (including phenoxy) is 2. The molecule has 204 valence electrons. The van der Waals surface area contributed by atoms with Gasteiger partial charge < -0.3 is 19.3 Å². The minimum Gasteiger partial charge on any atom is -0.359 e. The minimum atomic E-state index is -0.325. The Kier molecular flexibility index (Phi) is 9.35. The number of carbonyl (C=O) groups excluding carboxylic acids is 2. The number of rotatable bonds is 10. The topological polar surface area (TPSA) is 59.1 Å². The van der Waals surface area contributed by atoms with Crippen LogP contribution in [0.2, 0.25) is 0 Å². The average Bonchev–Trinajstić information content (AvgIpc) is 3.03. The van der Waals surface area contributed by atoms with Gasteiger partial charge in [-0.2, -0.15) is 0 Å². The second-order valence-electron chi connectivity index (χ2n) is 9.79. The number of piperazine rings is 1. The largest absolute Gasteiger partial charge is 0.359 e. The fourth-order valence-electron chi connectivity index (χ4n) is 4.98. The summed E-state index contributed by atoms with van der Waals surface area (Å²) >= 11 is 0. The smallest absolute Gasteiger partial charge is 0.248 e. The van der Waals surface area contributed by atoms with Crippen molar-refractivity contribution in [1.29, 1.82) is 0 Å². The Morgan fingerprint density at radius 2 is 0.725 bits per heavy atom. The molecule has 0 saturated carbocycles. The number of hydrogen-bond acceptors (Lipinski definition) is 4. The monoisotopic (exact) mass is 534 g/mol. The summed E-state index contributed by atoms with van der Waals surface area (Å²) in [6.45, 7) is 1.82. The normalized spacial score (nSPS) is 13.6. The van der Waals surface area contributed by atoms with Crippen LogP contribution in [0.3, 0.4) is 0 Å². The van der Waals surface area contributed by atoms with Gasteiger partial charge in [0.2, 0.25) is 11.8 Å². The van der Waals surface area contributed by atoms with E-state index < -0.39 is 0 Å². The highest BCUT2D eigenvalue weighted by molar-refractivity contribution is 5.79. The third kappa shape index (κ3) is 7.03. The van der Waals surface area contributed by atoms with E-state index in [9.17, 15) is 9.59 Å². The molecule has 2 amide bonds. The lowest BCUT2D eigenvalue weighted by atomic mass is 10.0. The molecule has 4 aromatic carbocycles. The fraction of sp³-hybridized carbons (Fsp3) is 0.235. The summed E-state index contributed by atoms with van der Waals surface area (Å²) in [7, 11) is 0. The molecule has 0 radical (unpaired) electrons. The van der Waals surface area contributed by atoms with E-state index in [0.717, 1.165) is 22.3 Å². The molecule has 6 heteroatoms. The molecule has 1 aliphatic rings. The van der Waals surface area contributed by atoms with E-state index in [-0.39, 0.29) is 37.2 Å². The molecule has 5 rings (SSSR count). The van der Waals surface area contributed by atoms with Gasteiger partial charge in [-0.15, -0.1) is 0 Å². The first-order valence-electron chi connectivity index (χ1n) is 13.7. The summed E-state index contributed by atoms with van der Waals surface area (Å²) in [6.07, 6.45) is -0.651. The van der Waals surface area contributed by atoms with E-state index in [1.54, 1.807) is 9.80 Å². The van der Waals surface area contributed by atoms with E-state index in [4.69, 9.17) is 9.47 Å². The van der Waals surface area contributed by atoms with Gasteiger partial charge in [0.05, 0.1) is 0 Å². The zero-order valence-electron chi connectivity index (χ0n) is 22.5. The second kappa shape index (κ2) is 13.7. The van der Waals surface area contributed by atoms with Gasteiger partial charge in [-0.1, -0.05) is 121 Å². The number of hydrogen-bond donors (Lipinski definition) is 0. The van der Waals surface area contributed by atoms with Gasteiger partial charge in [0.25, 0.3) is 0 Å². The Morgan fingerprint density at radius 1 is 0.475 bits per heavy atom. The van der Waals surface area contributed by atoms with Crippen LogP contribution < -0.4 is 0 Å². The lowest BCUT2D eigenvalue weighted by molar-refractivity contribution is -0.146. The molecule has 0 bridgehead atoms. The molecule has 6 nitrogen and oxygen atoms in total. The molecular weight excluding hydrogens is 500 g/mol. The van der Waals surface area contributed by atoms with Crippen molar-refractivity contribution in [2.24, 2.45) is 0 Å². The highest BCUT2D eigenvalue weighted by Crippen LogP contribution is 2.27. The Labute approximate surface area is 235 Å². The van der Waals surface area contributed by atoms with Crippen LogP contribution >= 0.6 is 0 Å². The van der Waals surface area contributed by atoms with E-state index in [2.05, 4.69) is 0 Å². The Bertz CT molecular complexity index is 1160. The fourth-order valence-corrected chi connectivity index (χ4v) is 4.98. The van der Waals surface area contributed by atoms with Crippen LogP contribution in [0.15, 0.2) is 121 Å². The predicted molar refractivity (Wildman–Crippen MR) is 155 cm³/mol. The maximum Gasteiger partial charge on any atom is 0.248 e. The maximum absolute atomic E-state index is 13.0.